The summed E-state index contributed by atoms with van der Waals surface area (Å²) in [5.41, 5.74) is 0.863. The van der Waals surface area contributed by atoms with E-state index in [4.69, 9.17) is 4.74 Å². The third-order valence-corrected chi connectivity index (χ3v) is 4.37. The lowest BCUT2D eigenvalue weighted by Gasteiger charge is -2.24. The van der Waals surface area contributed by atoms with Crippen LogP contribution >= 0.6 is 0 Å². The Balaban J connectivity index is 1.74. The van der Waals surface area contributed by atoms with Crippen molar-refractivity contribution in [2.45, 2.75) is 38.2 Å². The molecular weight excluding hydrogens is 254 g/mol. The molecule has 1 fully saturated rings. The zero-order valence-corrected chi connectivity index (χ0v) is 11.6. The van der Waals surface area contributed by atoms with Crippen molar-refractivity contribution < 1.29 is 14.6 Å². The average molecular weight is 275 g/mol. The fraction of sp³-hybridized carbons (Fsp3) is 0.562. The number of ether oxygens (including phenoxy) is 1. The van der Waals surface area contributed by atoms with Gasteiger partial charge in [0.2, 0.25) is 5.91 Å². The number of hydrogen-bond donors (Lipinski definition) is 1. The van der Waals surface area contributed by atoms with E-state index in [1.807, 2.05) is 29.2 Å². The van der Waals surface area contributed by atoms with E-state index in [0.29, 0.717) is 25.5 Å². The van der Waals surface area contributed by atoms with E-state index in [2.05, 4.69) is 0 Å². The molecule has 2 aliphatic rings. The number of carbonyl (C=O) groups is 1. The lowest BCUT2D eigenvalue weighted by atomic mass is 10.0. The number of aliphatic hydroxyl groups is 1. The second-order valence-corrected chi connectivity index (χ2v) is 5.66. The Hall–Kier alpha value is -1.55. The molecule has 0 saturated heterocycles. The Morgan fingerprint density at radius 1 is 1.30 bits per heavy atom. The van der Waals surface area contributed by atoms with Gasteiger partial charge in [-0.1, -0.05) is 18.6 Å². The van der Waals surface area contributed by atoms with Crippen molar-refractivity contribution in [2.24, 2.45) is 5.92 Å². The summed E-state index contributed by atoms with van der Waals surface area (Å²) in [5, 5.41) is 9.91. The van der Waals surface area contributed by atoms with E-state index in [1.54, 1.807) is 0 Å². The van der Waals surface area contributed by atoms with E-state index in [1.165, 1.54) is 0 Å². The van der Waals surface area contributed by atoms with Crippen LogP contribution in [0.4, 0.5) is 5.69 Å². The Labute approximate surface area is 119 Å². The van der Waals surface area contributed by atoms with Crippen LogP contribution in [0, 0.1) is 5.92 Å². The molecule has 1 heterocycles. The van der Waals surface area contributed by atoms with Crippen molar-refractivity contribution in [3.8, 4) is 5.75 Å². The molecule has 1 aliphatic carbocycles. The van der Waals surface area contributed by atoms with Crippen molar-refractivity contribution in [2.75, 3.05) is 18.1 Å². The Bertz CT molecular complexity index is 488. The molecule has 1 aromatic rings. The number of nitrogens with zero attached hydrogens (tertiary/aromatic N) is 1. The van der Waals surface area contributed by atoms with E-state index < -0.39 is 0 Å². The van der Waals surface area contributed by atoms with Crippen LogP contribution in [0.25, 0.3) is 0 Å². The highest BCUT2D eigenvalue weighted by Gasteiger charge is 2.28. The number of amides is 1. The first-order valence-corrected chi connectivity index (χ1v) is 7.46. The molecule has 1 aliphatic heterocycles. The third kappa shape index (κ3) is 2.66. The minimum absolute atomic E-state index is 0.113. The predicted octanol–water partition coefficient (Wildman–Crippen LogP) is 2.35. The molecule has 3 rings (SSSR count). The van der Waals surface area contributed by atoms with Gasteiger partial charge in [-0.2, -0.15) is 0 Å². The molecule has 1 amide bonds. The van der Waals surface area contributed by atoms with Crippen LogP contribution < -0.4 is 9.64 Å². The normalized spacial score (nSPS) is 26.1. The molecule has 0 radical (unpaired) electrons. The number of para-hydroxylation sites is 2. The fourth-order valence-corrected chi connectivity index (χ4v) is 3.21. The summed E-state index contributed by atoms with van der Waals surface area (Å²) in [5.74, 6) is 1.23. The van der Waals surface area contributed by atoms with E-state index in [9.17, 15) is 9.90 Å². The van der Waals surface area contributed by atoms with Crippen molar-refractivity contribution in [3.05, 3.63) is 24.3 Å². The van der Waals surface area contributed by atoms with Gasteiger partial charge >= 0.3 is 0 Å². The smallest absolute Gasteiger partial charge is 0.230 e. The number of anilines is 1. The molecule has 0 spiro atoms. The van der Waals surface area contributed by atoms with Crippen molar-refractivity contribution in [1.29, 1.82) is 0 Å². The van der Waals surface area contributed by atoms with E-state index >= 15 is 0 Å². The number of benzene rings is 1. The largest absolute Gasteiger partial charge is 0.491 e. The van der Waals surface area contributed by atoms with Crippen molar-refractivity contribution in [1.82, 2.24) is 0 Å². The summed E-state index contributed by atoms with van der Waals surface area (Å²) < 4.78 is 5.63. The topological polar surface area (TPSA) is 49.8 Å². The highest BCUT2D eigenvalue weighted by molar-refractivity contribution is 5.95. The van der Waals surface area contributed by atoms with Gasteiger partial charge in [-0.05, 0) is 37.3 Å². The zero-order chi connectivity index (χ0) is 13.9. The quantitative estimate of drug-likeness (QED) is 0.921. The molecule has 2 unspecified atom stereocenters. The second-order valence-electron chi connectivity index (χ2n) is 5.66. The first-order valence-electron chi connectivity index (χ1n) is 7.46. The summed E-state index contributed by atoms with van der Waals surface area (Å²) in [6, 6.07) is 7.70. The molecule has 20 heavy (non-hydrogen) atoms. The molecule has 4 heteroatoms. The monoisotopic (exact) mass is 275 g/mol. The molecule has 2 atom stereocenters. The summed E-state index contributed by atoms with van der Waals surface area (Å²) in [4.78, 5) is 14.1. The second kappa shape index (κ2) is 5.83. The minimum atomic E-state index is -0.191. The maximum Gasteiger partial charge on any atom is 0.230 e. The van der Waals surface area contributed by atoms with Crippen LogP contribution in [0.15, 0.2) is 24.3 Å². The highest BCUT2D eigenvalue weighted by atomic mass is 16.5. The Kier molecular flexibility index (Phi) is 3.92. The average Bonchev–Trinajstić information content (AvgIpc) is 2.78. The lowest BCUT2D eigenvalue weighted by molar-refractivity contribution is -0.118. The molecule has 1 aromatic carbocycles. The fourth-order valence-electron chi connectivity index (χ4n) is 3.21. The van der Waals surface area contributed by atoms with Crippen LogP contribution in [-0.4, -0.2) is 30.3 Å². The predicted molar refractivity (Wildman–Crippen MR) is 76.9 cm³/mol. The first-order chi connectivity index (χ1) is 9.75. The molecule has 0 bridgehead atoms. The van der Waals surface area contributed by atoms with Gasteiger partial charge in [-0.3, -0.25) is 4.79 Å². The number of hydrogen-bond acceptors (Lipinski definition) is 3. The van der Waals surface area contributed by atoms with Crippen LogP contribution in [0.5, 0.6) is 5.75 Å². The summed E-state index contributed by atoms with van der Waals surface area (Å²) in [6.45, 7) is 1.11. The van der Waals surface area contributed by atoms with Crippen LogP contribution in [-0.2, 0) is 4.79 Å². The first kappa shape index (κ1) is 13.4. The number of rotatable bonds is 3. The van der Waals surface area contributed by atoms with Crippen molar-refractivity contribution in [3.63, 3.8) is 0 Å². The molecule has 4 nitrogen and oxygen atoms in total. The van der Waals surface area contributed by atoms with Gasteiger partial charge in [-0.25, -0.2) is 0 Å². The van der Waals surface area contributed by atoms with Gasteiger partial charge < -0.3 is 14.7 Å². The summed E-state index contributed by atoms with van der Waals surface area (Å²) >= 11 is 0. The van der Waals surface area contributed by atoms with E-state index in [-0.39, 0.29) is 12.0 Å². The van der Waals surface area contributed by atoms with Crippen LogP contribution in [0.1, 0.15) is 32.1 Å². The van der Waals surface area contributed by atoms with Crippen LogP contribution in [0.2, 0.25) is 0 Å². The van der Waals surface area contributed by atoms with Gasteiger partial charge in [0, 0.05) is 6.54 Å². The number of carbonyl (C=O) groups excluding carboxylic acids is 1. The van der Waals surface area contributed by atoms with Gasteiger partial charge in [-0.15, -0.1) is 0 Å². The third-order valence-electron chi connectivity index (χ3n) is 4.37. The number of fused-ring (bicyclic) bond motifs is 1. The maximum absolute atomic E-state index is 12.2. The van der Waals surface area contributed by atoms with Gasteiger partial charge in [0.25, 0.3) is 0 Å². The Morgan fingerprint density at radius 3 is 2.95 bits per heavy atom. The van der Waals surface area contributed by atoms with Crippen LogP contribution in [0.3, 0.4) is 0 Å². The SMILES string of the molecule is O=C1CCOc2ccccc2N1CCC1CCCC1O. The zero-order valence-electron chi connectivity index (χ0n) is 11.6. The molecule has 1 N–H and O–H groups in total. The molecule has 108 valence electrons. The molecule has 1 saturated carbocycles. The highest BCUT2D eigenvalue weighted by Crippen LogP contribution is 2.33. The van der Waals surface area contributed by atoms with E-state index in [0.717, 1.165) is 37.1 Å². The van der Waals surface area contributed by atoms with Gasteiger partial charge in [0.15, 0.2) is 0 Å². The standard InChI is InChI=1S/C16H21NO3/c18-14-6-3-4-12(14)8-10-17-13-5-1-2-7-15(13)20-11-9-16(17)19/h1-2,5,7,12,14,18H,3-4,6,8-11H2. The molecule has 0 aromatic heterocycles. The van der Waals surface area contributed by atoms with Crippen molar-refractivity contribution >= 4 is 11.6 Å². The summed E-state index contributed by atoms with van der Waals surface area (Å²) in [7, 11) is 0. The van der Waals surface area contributed by atoms with Gasteiger partial charge in [0.1, 0.15) is 5.75 Å². The minimum Gasteiger partial charge on any atom is -0.491 e. The van der Waals surface area contributed by atoms with Gasteiger partial charge in [0.05, 0.1) is 24.8 Å². The lowest BCUT2D eigenvalue weighted by Crippen LogP contribution is -2.33. The Morgan fingerprint density at radius 2 is 2.15 bits per heavy atom. The summed E-state index contributed by atoms with van der Waals surface area (Å²) in [6.07, 6.45) is 4.16. The maximum atomic E-state index is 12.2. The number of aliphatic hydroxyl groups excluding tert-OH is 1. The molecular formula is C16H21NO3.